The normalized spacial score (nSPS) is 18.1. The zero-order valence-electron chi connectivity index (χ0n) is 17.7. The molecule has 164 valence electrons. The van der Waals surface area contributed by atoms with Gasteiger partial charge in [-0.2, -0.15) is 0 Å². The molecule has 9 heteroatoms. The Kier molecular flexibility index (Phi) is 6.50. The molecule has 30 heavy (non-hydrogen) atoms. The number of likely N-dealkylation sites (N-methyl/N-ethyl adjacent to an activating group) is 1. The molecule has 0 bridgehead atoms. The van der Waals surface area contributed by atoms with Gasteiger partial charge >= 0.3 is 5.97 Å². The van der Waals surface area contributed by atoms with Crippen molar-refractivity contribution in [1.82, 2.24) is 14.7 Å². The van der Waals surface area contributed by atoms with E-state index in [4.69, 9.17) is 15.9 Å². The molecular formula is C21H31N5O4. The minimum Gasteiger partial charge on any atom is -0.492 e. The number of rotatable bonds is 6. The van der Waals surface area contributed by atoms with E-state index in [0.29, 0.717) is 51.3 Å². The number of carbonyl (C=O) groups excluding carboxylic acids is 1. The number of nitrogens with two attached hydrogens (primary N) is 1. The number of carboxylic acids is 1. The second-order valence-electron chi connectivity index (χ2n) is 8.48. The van der Waals surface area contributed by atoms with Gasteiger partial charge in [0.2, 0.25) is 5.91 Å². The highest BCUT2D eigenvalue weighted by molar-refractivity contribution is 5.79. The van der Waals surface area contributed by atoms with Gasteiger partial charge in [-0.25, -0.2) is 0 Å². The van der Waals surface area contributed by atoms with E-state index in [9.17, 15) is 14.7 Å². The quantitative estimate of drug-likeness (QED) is 0.457. The molecule has 0 aromatic heterocycles. The predicted octanol–water partition coefficient (Wildman–Crippen LogP) is 0.572. The van der Waals surface area contributed by atoms with Crippen molar-refractivity contribution >= 4 is 17.8 Å². The summed E-state index contributed by atoms with van der Waals surface area (Å²) >= 11 is 0. The van der Waals surface area contributed by atoms with Gasteiger partial charge in [0.05, 0.1) is 6.54 Å². The Hall–Kier alpha value is -2.81. The summed E-state index contributed by atoms with van der Waals surface area (Å²) in [6, 6.07) is 5.78. The maximum atomic E-state index is 12.3. The van der Waals surface area contributed by atoms with Gasteiger partial charge in [0, 0.05) is 26.2 Å². The average molecular weight is 418 g/mol. The molecule has 1 aromatic rings. The summed E-state index contributed by atoms with van der Waals surface area (Å²) in [5.74, 6) is -0.203. The molecule has 1 saturated heterocycles. The number of amides is 1. The summed E-state index contributed by atoms with van der Waals surface area (Å²) in [7, 11) is 3.68. The second-order valence-corrected chi connectivity index (χ2v) is 8.48. The lowest BCUT2D eigenvalue weighted by atomic mass is 9.79. The van der Waals surface area contributed by atoms with Crippen molar-refractivity contribution in [2.45, 2.75) is 25.8 Å². The molecule has 0 atom stereocenters. The van der Waals surface area contributed by atoms with Crippen LogP contribution in [-0.4, -0.2) is 84.5 Å². The van der Waals surface area contributed by atoms with Crippen LogP contribution in [0.15, 0.2) is 18.2 Å². The third-order valence-corrected chi connectivity index (χ3v) is 6.02. The van der Waals surface area contributed by atoms with Gasteiger partial charge in [0.1, 0.15) is 17.8 Å². The molecule has 3 rings (SSSR count). The number of nitrogens with one attached hydrogen (secondary N) is 1. The molecule has 2 aliphatic heterocycles. The number of nitrogens with zero attached hydrogens (tertiary/aromatic N) is 3. The Bertz CT molecular complexity index is 818. The molecule has 0 unspecified atom stereocenters. The lowest BCUT2D eigenvalue weighted by Crippen LogP contribution is -2.50. The monoisotopic (exact) mass is 417 g/mol. The van der Waals surface area contributed by atoms with Crippen LogP contribution in [0.2, 0.25) is 0 Å². The first kappa shape index (κ1) is 21.9. The standard InChI is InChI=1S/C21H31N5O4/c1-24(2)13-18(27)25-9-6-21(7-10-25,19(28)29)14-30-17-4-3-15-5-8-26(20(22)23)12-16(15)11-17/h3-4,11H,5-10,12-14H2,1-2H3,(H3,22,23)(H,28,29). The van der Waals surface area contributed by atoms with Crippen molar-refractivity contribution < 1.29 is 19.4 Å². The first-order chi connectivity index (χ1) is 14.2. The first-order valence-electron chi connectivity index (χ1n) is 10.2. The number of hydrogen-bond donors (Lipinski definition) is 3. The van der Waals surface area contributed by atoms with Gasteiger partial charge in [0.25, 0.3) is 0 Å². The van der Waals surface area contributed by atoms with E-state index in [1.165, 1.54) is 5.56 Å². The first-order valence-corrected chi connectivity index (χ1v) is 10.2. The number of likely N-dealkylation sites (tertiary alicyclic amines) is 1. The van der Waals surface area contributed by atoms with Crippen molar-refractivity contribution in [3.05, 3.63) is 29.3 Å². The van der Waals surface area contributed by atoms with Crippen LogP contribution in [0.1, 0.15) is 24.0 Å². The van der Waals surface area contributed by atoms with E-state index in [1.807, 2.05) is 37.2 Å². The Labute approximate surface area is 176 Å². The average Bonchev–Trinajstić information content (AvgIpc) is 2.71. The molecule has 2 heterocycles. The number of ether oxygens (including phenoxy) is 1. The number of piperidine rings is 1. The van der Waals surface area contributed by atoms with Crippen LogP contribution >= 0.6 is 0 Å². The molecule has 9 nitrogen and oxygen atoms in total. The minimum atomic E-state index is -1.00. The van der Waals surface area contributed by atoms with Crippen molar-refractivity contribution in [3.63, 3.8) is 0 Å². The number of fused-ring (bicyclic) bond motifs is 1. The SMILES string of the molecule is CN(C)CC(=O)N1CCC(COc2ccc3c(c2)CN(C(=N)N)CC3)(C(=O)O)CC1. The Morgan fingerprint density at radius 3 is 2.50 bits per heavy atom. The maximum Gasteiger partial charge on any atom is 0.313 e. The van der Waals surface area contributed by atoms with Gasteiger partial charge in [-0.3, -0.25) is 15.0 Å². The van der Waals surface area contributed by atoms with Crippen molar-refractivity contribution in [2.24, 2.45) is 11.1 Å². The van der Waals surface area contributed by atoms with Gasteiger partial charge < -0.3 is 30.3 Å². The van der Waals surface area contributed by atoms with Gasteiger partial charge in [-0.1, -0.05) is 6.07 Å². The van der Waals surface area contributed by atoms with Crippen LogP contribution < -0.4 is 10.5 Å². The van der Waals surface area contributed by atoms with Crippen LogP contribution in [0.5, 0.6) is 5.75 Å². The smallest absolute Gasteiger partial charge is 0.313 e. The van der Waals surface area contributed by atoms with E-state index in [0.717, 1.165) is 12.0 Å². The molecule has 4 N–H and O–H groups in total. The lowest BCUT2D eigenvalue weighted by Gasteiger charge is -2.39. The molecule has 1 aromatic carbocycles. The largest absolute Gasteiger partial charge is 0.492 e. The van der Waals surface area contributed by atoms with E-state index >= 15 is 0 Å². The van der Waals surface area contributed by atoms with Crippen molar-refractivity contribution in [2.75, 3.05) is 46.9 Å². The summed E-state index contributed by atoms with van der Waals surface area (Å²) < 4.78 is 5.94. The van der Waals surface area contributed by atoms with Crippen LogP contribution in [0.25, 0.3) is 0 Å². The summed E-state index contributed by atoms with van der Waals surface area (Å²) in [4.78, 5) is 29.7. The Morgan fingerprint density at radius 2 is 1.90 bits per heavy atom. The number of carbonyl (C=O) groups is 2. The summed E-state index contributed by atoms with van der Waals surface area (Å²) in [5, 5.41) is 17.5. The number of benzene rings is 1. The van der Waals surface area contributed by atoms with Crippen LogP contribution in [0, 0.1) is 10.8 Å². The van der Waals surface area contributed by atoms with Crippen molar-refractivity contribution in [1.29, 1.82) is 5.41 Å². The molecule has 0 aliphatic carbocycles. The molecule has 1 fully saturated rings. The maximum absolute atomic E-state index is 12.3. The fraction of sp³-hybridized carbons (Fsp3) is 0.571. The Balaban J connectivity index is 1.64. The molecular weight excluding hydrogens is 386 g/mol. The molecule has 0 radical (unpaired) electrons. The lowest BCUT2D eigenvalue weighted by molar-refractivity contribution is -0.156. The third kappa shape index (κ3) is 4.84. The fourth-order valence-corrected chi connectivity index (χ4v) is 4.02. The summed E-state index contributed by atoms with van der Waals surface area (Å²) in [6.07, 6.45) is 1.54. The van der Waals surface area contributed by atoms with Gasteiger partial charge in [-0.05, 0) is 56.6 Å². The van der Waals surface area contributed by atoms with E-state index in [2.05, 4.69) is 0 Å². The molecule has 0 spiro atoms. The number of aliphatic carboxylic acids is 1. The van der Waals surface area contributed by atoms with Crippen molar-refractivity contribution in [3.8, 4) is 5.75 Å². The summed E-state index contributed by atoms with van der Waals surface area (Å²) in [5.41, 5.74) is 6.85. The van der Waals surface area contributed by atoms with E-state index in [1.54, 1.807) is 9.80 Å². The second kappa shape index (κ2) is 8.91. The van der Waals surface area contributed by atoms with Gasteiger partial charge in [-0.15, -0.1) is 0 Å². The Morgan fingerprint density at radius 1 is 1.20 bits per heavy atom. The van der Waals surface area contributed by atoms with Crippen LogP contribution in [0.3, 0.4) is 0 Å². The number of hydrogen-bond acceptors (Lipinski definition) is 5. The van der Waals surface area contributed by atoms with E-state index in [-0.39, 0.29) is 18.5 Å². The topological polar surface area (TPSA) is 123 Å². The van der Waals surface area contributed by atoms with Crippen LogP contribution in [0.4, 0.5) is 0 Å². The molecule has 2 aliphatic rings. The zero-order chi connectivity index (χ0) is 21.9. The highest BCUT2D eigenvalue weighted by Crippen LogP contribution is 2.33. The molecule has 1 amide bonds. The predicted molar refractivity (Wildman–Crippen MR) is 112 cm³/mol. The minimum absolute atomic E-state index is 0.0182. The highest BCUT2D eigenvalue weighted by Gasteiger charge is 2.43. The molecule has 0 saturated carbocycles. The third-order valence-electron chi connectivity index (χ3n) is 6.02. The zero-order valence-corrected chi connectivity index (χ0v) is 17.7. The van der Waals surface area contributed by atoms with Crippen LogP contribution in [-0.2, 0) is 22.6 Å². The summed E-state index contributed by atoms with van der Waals surface area (Å²) in [6.45, 7) is 2.49. The van der Waals surface area contributed by atoms with E-state index < -0.39 is 11.4 Å². The van der Waals surface area contributed by atoms with Gasteiger partial charge in [0.15, 0.2) is 5.96 Å². The number of guanidine groups is 1. The fourth-order valence-electron chi connectivity index (χ4n) is 4.02. The highest BCUT2D eigenvalue weighted by atomic mass is 16.5. The number of carboxylic acid groups (broad SMARTS) is 1.